The van der Waals surface area contributed by atoms with Gasteiger partial charge in [0.05, 0.1) is 11.4 Å². The molecule has 1 aromatic heterocycles. The fourth-order valence-corrected chi connectivity index (χ4v) is 2.79. The maximum absolute atomic E-state index is 10.8. The third-order valence-corrected chi connectivity index (χ3v) is 3.36. The highest BCUT2D eigenvalue weighted by molar-refractivity contribution is 9.11. The average molecular weight is 329 g/mol. The molecule has 1 aromatic carbocycles. The number of halogens is 2. The van der Waals surface area contributed by atoms with E-state index in [2.05, 4.69) is 31.9 Å². The van der Waals surface area contributed by atoms with Crippen molar-refractivity contribution >= 4 is 38.1 Å². The van der Waals surface area contributed by atoms with Crippen LogP contribution in [0.4, 0.5) is 0 Å². The molecule has 0 aliphatic rings. The maximum atomic E-state index is 10.8. The van der Waals surface area contributed by atoms with Crippen LogP contribution in [0.5, 0.6) is 0 Å². The van der Waals surface area contributed by atoms with E-state index in [1.165, 1.54) is 0 Å². The van der Waals surface area contributed by atoms with Gasteiger partial charge < -0.3 is 4.57 Å². The number of hydrogen-bond acceptors (Lipinski definition) is 1. The molecular formula is C11H7Br2NO. The van der Waals surface area contributed by atoms with Crippen molar-refractivity contribution in [3.05, 3.63) is 51.2 Å². The maximum Gasteiger partial charge on any atom is 0.166 e. The van der Waals surface area contributed by atoms with Crippen LogP contribution in [0.3, 0.4) is 0 Å². The third kappa shape index (κ3) is 1.92. The lowest BCUT2D eigenvalue weighted by Gasteiger charge is -2.10. The summed E-state index contributed by atoms with van der Waals surface area (Å²) in [5.41, 5.74) is 1.56. The van der Waals surface area contributed by atoms with Crippen molar-refractivity contribution in [3.8, 4) is 5.69 Å². The normalized spacial score (nSPS) is 10.3. The van der Waals surface area contributed by atoms with E-state index in [-0.39, 0.29) is 0 Å². The van der Waals surface area contributed by atoms with Crippen LogP contribution in [0.25, 0.3) is 5.69 Å². The zero-order chi connectivity index (χ0) is 10.8. The second kappa shape index (κ2) is 4.33. The zero-order valence-electron chi connectivity index (χ0n) is 7.65. The Morgan fingerprint density at radius 2 is 1.73 bits per heavy atom. The Morgan fingerprint density at radius 3 is 2.33 bits per heavy atom. The molecule has 15 heavy (non-hydrogen) atoms. The molecule has 0 radical (unpaired) electrons. The average Bonchev–Trinajstić information content (AvgIpc) is 2.65. The largest absolute Gasteiger partial charge is 0.312 e. The summed E-state index contributed by atoms with van der Waals surface area (Å²) in [5.74, 6) is 0. The number of hydrogen-bond donors (Lipinski definition) is 0. The fraction of sp³-hybridized carbons (Fsp3) is 0. The first-order valence-corrected chi connectivity index (χ1v) is 5.89. The van der Waals surface area contributed by atoms with Crippen LogP contribution >= 0.6 is 31.9 Å². The molecule has 76 valence electrons. The van der Waals surface area contributed by atoms with Gasteiger partial charge in [-0.25, -0.2) is 0 Å². The molecule has 0 amide bonds. The molecule has 0 atom stereocenters. The lowest BCUT2D eigenvalue weighted by atomic mass is 10.3. The van der Waals surface area contributed by atoms with Gasteiger partial charge in [-0.15, -0.1) is 0 Å². The van der Waals surface area contributed by atoms with Gasteiger partial charge in [-0.1, -0.05) is 6.07 Å². The molecule has 0 saturated heterocycles. The number of carbonyl (C=O) groups excluding carboxylic acids is 1. The number of benzene rings is 1. The number of rotatable bonds is 2. The Labute approximate surface area is 104 Å². The summed E-state index contributed by atoms with van der Waals surface area (Å²) >= 11 is 6.93. The molecular weight excluding hydrogens is 322 g/mol. The van der Waals surface area contributed by atoms with Gasteiger partial charge in [0.25, 0.3) is 0 Å². The van der Waals surface area contributed by atoms with Crippen LogP contribution in [0, 0.1) is 0 Å². The highest BCUT2D eigenvalue weighted by atomic mass is 79.9. The molecule has 0 aliphatic heterocycles. The molecule has 0 spiro atoms. The fourth-order valence-electron chi connectivity index (χ4n) is 1.41. The van der Waals surface area contributed by atoms with Crippen molar-refractivity contribution in [3.63, 3.8) is 0 Å². The van der Waals surface area contributed by atoms with Crippen LogP contribution < -0.4 is 0 Å². The van der Waals surface area contributed by atoms with E-state index in [0.717, 1.165) is 20.9 Å². The van der Waals surface area contributed by atoms with Crippen molar-refractivity contribution in [1.82, 2.24) is 4.57 Å². The molecule has 0 fully saturated rings. The predicted molar refractivity (Wildman–Crippen MR) is 66.6 cm³/mol. The van der Waals surface area contributed by atoms with Gasteiger partial charge in [-0.05, 0) is 56.1 Å². The molecule has 0 N–H and O–H groups in total. The second-order valence-corrected chi connectivity index (χ2v) is 4.70. The van der Waals surface area contributed by atoms with Crippen LogP contribution in [-0.2, 0) is 0 Å². The van der Waals surface area contributed by atoms with E-state index in [4.69, 9.17) is 0 Å². The smallest absolute Gasteiger partial charge is 0.166 e. The summed E-state index contributed by atoms with van der Waals surface area (Å²) in [5, 5.41) is 0. The quantitative estimate of drug-likeness (QED) is 0.768. The summed E-state index contributed by atoms with van der Waals surface area (Å²) in [6.45, 7) is 0. The monoisotopic (exact) mass is 327 g/mol. The summed E-state index contributed by atoms with van der Waals surface area (Å²) in [6, 6.07) is 9.43. The predicted octanol–water partition coefficient (Wildman–Crippen LogP) is 3.81. The Hall–Kier alpha value is -0.870. The van der Waals surface area contributed by atoms with Crippen LogP contribution in [0.15, 0.2) is 45.5 Å². The lowest BCUT2D eigenvalue weighted by molar-refractivity contribution is 0.111. The Balaban J connectivity index is 2.68. The van der Waals surface area contributed by atoms with E-state index in [1.807, 2.05) is 35.0 Å². The summed E-state index contributed by atoms with van der Waals surface area (Å²) in [4.78, 5) is 10.8. The minimum atomic E-state index is 0.627. The van der Waals surface area contributed by atoms with Crippen LogP contribution in [-0.4, -0.2) is 10.9 Å². The van der Waals surface area contributed by atoms with Crippen molar-refractivity contribution in [2.45, 2.75) is 0 Å². The standard InChI is InChI=1S/C11H7Br2NO/c12-9-4-1-5-10(13)11(9)14-6-2-3-8(14)7-15/h1-7H. The SMILES string of the molecule is O=Cc1cccn1-c1c(Br)cccc1Br. The van der Waals surface area contributed by atoms with Gasteiger partial charge in [-0.3, -0.25) is 4.79 Å². The molecule has 4 heteroatoms. The number of carbonyl (C=O) groups is 1. The molecule has 2 rings (SSSR count). The van der Waals surface area contributed by atoms with E-state index in [1.54, 1.807) is 6.07 Å². The first-order valence-electron chi connectivity index (χ1n) is 4.31. The van der Waals surface area contributed by atoms with Gasteiger partial charge in [0.1, 0.15) is 0 Å². The van der Waals surface area contributed by atoms with Gasteiger partial charge >= 0.3 is 0 Å². The van der Waals surface area contributed by atoms with Crippen LogP contribution in [0.2, 0.25) is 0 Å². The van der Waals surface area contributed by atoms with Crippen LogP contribution in [0.1, 0.15) is 10.5 Å². The van der Waals surface area contributed by atoms with Gasteiger partial charge in [0, 0.05) is 15.1 Å². The summed E-state index contributed by atoms with van der Waals surface area (Å²) in [6.07, 6.45) is 2.69. The molecule has 2 nitrogen and oxygen atoms in total. The van der Waals surface area contributed by atoms with Gasteiger partial charge in [0.15, 0.2) is 6.29 Å². The van der Waals surface area contributed by atoms with E-state index in [9.17, 15) is 4.79 Å². The molecule has 0 saturated carbocycles. The first-order chi connectivity index (χ1) is 7.24. The Kier molecular flexibility index (Phi) is 3.07. The number of para-hydroxylation sites is 1. The van der Waals surface area contributed by atoms with Crippen molar-refractivity contribution < 1.29 is 4.79 Å². The van der Waals surface area contributed by atoms with Crippen molar-refractivity contribution in [2.24, 2.45) is 0 Å². The zero-order valence-corrected chi connectivity index (χ0v) is 10.8. The number of aldehydes is 1. The van der Waals surface area contributed by atoms with E-state index < -0.39 is 0 Å². The summed E-state index contributed by atoms with van der Waals surface area (Å²) < 4.78 is 3.72. The minimum Gasteiger partial charge on any atom is -0.312 e. The lowest BCUT2D eigenvalue weighted by Crippen LogP contribution is -1.99. The highest BCUT2D eigenvalue weighted by Crippen LogP contribution is 2.29. The highest BCUT2D eigenvalue weighted by Gasteiger charge is 2.09. The minimum absolute atomic E-state index is 0.627. The molecule has 0 bridgehead atoms. The van der Waals surface area contributed by atoms with Gasteiger partial charge in [0.2, 0.25) is 0 Å². The van der Waals surface area contributed by atoms with Crippen molar-refractivity contribution in [2.75, 3.05) is 0 Å². The molecule has 0 aliphatic carbocycles. The number of nitrogens with zero attached hydrogens (tertiary/aromatic N) is 1. The van der Waals surface area contributed by atoms with Gasteiger partial charge in [-0.2, -0.15) is 0 Å². The topological polar surface area (TPSA) is 22.0 Å². The molecule has 0 unspecified atom stereocenters. The molecule has 1 heterocycles. The number of aromatic nitrogens is 1. The first kappa shape index (κ1) is 10.6. The second-order valence-electron chi connectivity index (χ2n) is 2.99. The molecule has 2 aromatic rings. The van der Waals surface area contributed by atoms with E-state index >= 15 is 0 Å². The third-order valence-electron chi connectivity index (χ3n) is 2.08. The van der Waals surface area contributed by atoms with Crippen molar-refractivity contribution in [1.29, 1.82) is 0 Å². The van der Waals surface area contributed by atoms with E-state index in [0.29, 0.717) is 5.69 Å². The Bertz CT molecular complexity index is 485. The Morgan fingerprint density at radius 1 is 1.07 bits per heavy atom. The summed E-state index contributed by atoms with van der Waals surface area (Å²) in [7, 11) is 0.